The molecule has 0 amide bonds. The van der Waals surface area contributed by atoms with E-state index in [1.165, 1.54) is 42.7 Å². The van der Waals surface area contributed by atoms with Crippen molar-refractivity contribution in [2.24, 2.45) is 5.92 Å². The van der Waals surface area contributed by atoms with Gasteiger partial charge in [0.15, 0.2) is 0 Å². The minimum absolute atomic E-state index is 0.0204. The summed E-state index contributed by atoms with van der Waals surface area (Å²) in [6, 6.07) is 68.6. The molecule has 0 saturated heterocycles. The van der Waals surface area contributed by atoms with E-state index in [9.17, 15) is 27.6 Å². The number of ketones is 2. The van der Waals surface area contributed by atoms with E-state index in [4.69, 9.17) is 77.8 Å². The molecule has 8 aromatic carbocycles. The Bertz CT molecular complexity index is 4720. The second-order valence-electron chi connectivity index (χ2n) is 26.1. The maximum Gasteiger partial charge on any atom is 0.316 e. The number of nitrogens with two attached hydrogens (primary N) is 1. The van der Waals surface area contributed by atoms with Crippen LogP contribution in [0.2, 0.25) is 25.1 Å². The Morgan fingerprint density at radius 1 is 0.462 bits per heavy atom. The van der Waals surface area contributed by atoms with Crippen LogP contribution in [-0.4, -0.2) is 71.5 Å². The third-order valence-electron chi connectivity index (χ3n) is 17.8. The third kappa shape index (κ3) is 29.0. The smallest absolute Gasteiger partial charge is 0.316 e. The number of unbranched alkanes of at least 4 members (excludes halogenated alkanes) is 1. The van der Waals surface area contributed by atoms with Gasteiger partial charge >= 0.3 is 11.9 Å². The fourth-order valence-electron chi connectivity index (χ4n) is 11.9. The lowest BCUT2D eigenvalue weighted by Crippen LogP contribution is -2.26. The average molecular weight is 1550 g/mol. The van der Waals surface area contributed by atoms with Crippen LogP contribution >= 0.6 is 58.0 Å². The summed E-state index contributed by atoms with van der Waals surface area (Å²) in [5.41, 5.74) is 17.0. The number of carboxylic acids is 1. The number of halogens is 5. The zero-order valence-electron chi connectivity index (χ0n) is 61.3. The van der Waals surface area contributed by atoms with Crippen LogP contribution in [0, 0.1) is 5.92 Å². The SMILES string of the molecule is CC(CCC(=O)Cc1cccc2cccnc12)c1ccccc1Cl.CC(CCC(=O)O)c1ccccc1Cl.CC(CCCCc1cccc2cccnc12)c1ccccc1Cl.CC(COS(C)(=O)=O)c1ccccc1Cl.CCOC(=O)C(CC(C)c1ccccc1Cl)C(C)=O.Nc1cccc2cccnc12. The number of carboxylic acid groups (broad SMARTS) is 1. The minimum atomic E-state index is -3.38. The molecule has 558 valence electrons. The molecule has 0 aliphatic heterocycles. The number of carbonyl (C=O) groups is 4. The summed E-state index contributed by atoms with van der Waals surface area (Å²) < 4.78 is 31.2. The molecule has 11 rings (SSSR count). The number of esters is 1. The predicted molar refractivity (Wildman–Crippen MR) is 438 cm³/mol. The highest BCUT2D eigenvalue weighted by Crippen LogP contribution is 2.33. The van der Waals surface area contributed by atoms with Crippen molar-refractivity contribution >= 4 is 130 Å². The van der Waals surface area contributed by atoms with Crippen LogP contribution in [0.25, 0.3) is 32.7 Å². The van der Waals surface area contributed by atoms with E-state index in [0.717, 1.165) is 90.0 Å². The van der Waals surface area contributed by atoms with Gasteiger partial charge in [-0.2, -0.15) is 8.42 Å². The number of para-hydroxylation sites is 3. The number of aromatic nitrogens is 3. The number of anilines is 1. The molecule has 19 heteroatoms. The summed E-state index contributed by atoms with van der Waals surface area (Å²) in [7, 11) is -3.38. The highest BCUT2D eigenvalue weighted by molar-refractivity contribution is 7.86. The van der Waals surface area contributed by atoms with Crippen molar-refractivity contribution in [1.82, 2.24) is 15.0 Å². The molecule has 3 aromatic heterocycles. The van der Waals surface area contributed by atoms with Gasteiger partial charge in [0, 0.05) is 85.0 Å². The zero-order chi connectivity index (χ0) is 77.1. The Morgan fingerprint density at radius 2 is 0.840 bits per heavy atom. The normalized spacial score (nSPS) is 12.6. The van der Waals surface area contributed by atoms with E-state index in [2.05, 4.69) is 65.2 Å². The van der Waals surface area contributed by atoms with E-state index in [1.807, 2.05) is 191 Å². The maximum absolute atomic E-state index is 12.4. The van der Waals surface area contributed by atoms with Crippen molar-refractivity contribution in [1.29, 1.82) is 0 Å². The number of hydrogen-bond acceptors (Lipinski definition) is 12. The number of ether oxygens (including phenoxy) is 1. The molecule has 0 aliphatic rings. The number of fused-ring (bicyclic) bond motifs is 3. The Morgan fingerprint density at radius 3 is 1.26 bits per heavy atom. The second kappa shape index (κ2) is 45.2. The van der Waals surface area contributed by atoms with E-state index in [0.29, 0.717) is 46.7 Å². The number of Topliss-reactive ketones (excluding diaryl/α,β-unsaturated/α-hetero) is 2. The predicted octanol–water partition coefficient (Wildman–Crippen LogP) is 23.1. The topological polar surface area (TPSA) is 206 Å². The Hall–Kier alpha value is -8.57. The van der Waals surface area contributed by atoms with Gasteiger partial charge in [0.1, 0.15) is 17.5 Å². The number of nitrogen functional groups attached to an aromatic ring is 1. The molecule has 6 unspecified atom stereocenters. The monoisotopic (exact) mass is 1550 g/mol. The van der Waals surface area contributed by atoms with Gasteiger partial charge in [0.25, 0.3) is 10.1 Å². The number of hydrogen-bond donors (Lipinski definition) is 2. The molecule has 11 aromatic rings. The number of carbonyl (C=O) groups excluding carboxylic acids is 3. The molecule has 3 heterocycles. The van der Waals surface area contributed by atoms with Crippen molar-refractivity contribution < 1.29 is 41.6 Å². The lowest BCUT2D eigenvalue weighted by molar-refractivity contribution is -0.151. The largest absolute Gasteiger partial charge is 0.481 e. The molecule has 0 fully saturated rings. The van der Waals surface area contributed by atoms with E-state index in [1.54, 1.807) is 31.5 Å². The number of nitrogens with zero attached hydrogens (tertiary/aromatic N) is 3. The van der Waals surface area contributed by atoms with E-state index >= 15 is 0 Å². The van der Waals surface area contributed by atoms with Crippen LogP contribution in [0.5, 0.6) is 0 Å². The van der Waals surface area contributed by atoms with Crippen molar-refractivity contribution in [3.63, 3.8) is 0 Å². The van der Waals surface area contributed by atoms with Gasteiger partial charge in [0.05, 0.1) is 41.7 Å². The van der Waals surface area contributed by atoms with Crippen molar-refractivity contribution in [2.45, 2.75) is 142 Å². The third-order valence-corrected chi connectivity index (χ3v) is 20.1. The van der Waals surface area contributed by atoms with Gasteiger partial charge in [-0.15, -0.1) is 0 Å². The molecular formula is C87H95Cl5N4O9S. The quantitative estimate of drug-likeness (QED) is 0.0170. The van der Waals surface area contributed by atoms with Gasteiger partial charge < -0.3 is 15.6 Å². The van der Waals surface area contributed by atoms with E-state index in [-0.39, 0.29) is 54.9 Å². The number of aryl methyl sites for hydroxylation is 1. The van der Waals surface area contributed by atoms with Gasteiger partial charge in [0.2, 0.25) is 0 Å². The molecule has 3 N–H and O–H groups in total. The molecule has 0 saturated carbocycles. The highest BCUT2D eigenvalue weighted by Gasteiger charge is 2.28. The minimum Gasteiger partial charge on any atom is -0.481 e. The lowest BCUT2D eigenvalue weighted by Gasteiger charge is -2.18. The summed E-state index contributed by atoms with van der Waals surface area (Å²) in [5, 5.41) is 15.6. The molecular weight excluding hydrogens is 1450 g/mol. The first-order valence-electron chi connectivity index (χ1n) is 35.5. The van der Waals surface area contributed by atoms with Crippen LogP contribution in [-0.2, 0) is 51.1 Å². The molecule has 0 radical (unpaired) electrons. The Labute approximate surface area is 650 Å². The van der Waals surface area contributed by atoms with E-state index < -0.39 is 28.0 Å². The molecule has 0 spiro atoms. The summed E-state index contributed by atoms with van der Waals surface area (Å²) >= 11 is 30.6. The first-order chi connectivity index (χ1) is 50.8. The fourth-order valence-corrected chi connectivity index (χ4v) is 14.0. The van der Waals surface area contributed by atoms with Gasteiger partial charge in [-0.25, -0.2) is 0 Å². The van der Waals surface area contributed by atoms with Gasteiger partial charge in [-0.3, -0.25) is 38.3 Å². The average Bonchev–Trinajstić information content (AvgIpc) is 0.832. The summed E-state index contributed by atoms with van der Waals surface area (Å²) in [4.78, 5) is 59.3. The van der Waals surface area contributed by atoms with Gasteiger partial charge in [-0.1, -0.05) is 257 Å². The van der Waals surface area contributed by atoms with Crippen LogP contribution in [0.15, 0.2) is 231 Å². The lowest BCUT2D eigenvalue weighted by atomic mass is 9.88. The van der Waals surface area contributed by atoms with Crippen LogP contribution in [0.1, 0.15) is 168 Å². The molecule has 6 atom stereocenters. The summed E-state index contributed by atoms with van der Waals surface area (Å²) in [6.45, 7) is 13.7. The second-order valence-corrected chi connectivity index (χ2v) is 29.8. The first-order valence-corrected chi connectivity index (χ1v) is 39.2. The van der Waals surface area contributed by atoms with Crippen LogP contribution in [0.4, 0.5) is 5.69 Å². The molecule has 0 aliphatic carbocycles. The Balaban J connectivity index is 0.000000203. The zero-order valence-corrected chi connectivity index (χ0v) is 65.9. The maximum atomic E-state index is 12.4. The molecule has 106 heavy (non-hydrogen) atoms. The van der Waals surface area contributed by atoms with Crippen molar-refractivity contribution in [3.05, 3.63) is 295 Å². The molecule has 13 nitrogen and oxygen atoms in total. The fraction of sp³-hybridized carbons (Fsp3) is 0.299. The molecule has 0 bridgehead atoms. The Kier molecular flexibility index (Phi) is 36.8. The number of rotatable bonds is 26. The summed E-state index contributed by atoms with van der Waals surface area (Å²) in [6.07, 6.45) is 14.1. The number of pyridine rings is 3. The highest BCUT2D eigenvalue weighted by atomic mass is 35.5. The first kappa shape index (κ1) is 86.4. The summed E-state index contributed by atoms with van der Waals surface area (Å²) in [5.74, 6) is -0.906. The number of aliphatic carboxylic acids is 1. The van der Waals surface area contributed by atoms with Crippen LogP contribution in [0.3, 0.4) is 0 Å². The van der Waals surface area contributed by atoms with Gasteiger partial charge in [-0.05, 0) is 170 Å². The van der Waals surface area contributed by atoms with Crippen molar-refractivity contribution in [3.8, 4) is 0 Å². The van der Waals surface area contributed by atoms with Crippen LogP contribution < -0.4 is 5.73 Å². The van der Waals surface area contributed by atoms with Crippen molar-refractivity contribution in [2.75, 3.05) is 25.2 Å². The number of benzene rings is 8. The standard InChI is InChI=1S/C21H20ClNO.C21H22ClN.C15H19ClO3.C11H13ClO2.C10H13ClO3S.C9H8N2/c1-15(19-9-2-3-10-20(19)22)11-12-18(24)14-17-7-4-6-16-8-5-13-23-21(16)17;1-16(19-13-4-5-14-20(19)22)8-2-3-9-17-10-6-11-18-12-7-15-23-21(17)18;1-4-19-15(18)13(11(3)17)9-10(2)12-7-5-6-8-14(12)16;1-8(6-7-11(13)14)9-4-2-3-5-10(9)12;1-8(7-14-15(2,12)13)9-5-3-4-6-10(9)11;10-8-5-1-3-7-4-2-6-11-9(7)8/h2-10,13,15H,11-12,14H2,1H3;4-7,10-16H,2-3,8-9H2,1H3;5-8,10,13H,4,9H2,1-3H3;2-5,8H,6-7H2,1H3,(H,13,14);3-6,8H,7H2,1-2H3;1-6H,10H2.